The SMILES string of the molecule is CCCCCCCC[P+](CCCCCCCC)(CCCCCCCC)CC(C)C. The van der Waals surface area contributed by atoms with Crippen molar-refractivity contribution in [3.05, 3.63) is 0 Å². The minimum Gasteiger partial charge on any atom is -0.0654 e. The van der Waals surface area contributed by atoms with Crippen LogP contribution in [0.1, 0.15) is 150 Å². The van der Waals surface area contributed by atoms with Crippen molar-refractivity contribution in [1.82, 2.24) is 0 Å². The summed E-state index contributed by atoms with van der Waals surface area (Å²) in [6.45, 7) is 12.0. The lowest BCUT2D eigenvalue weighted by atomic mass is 10.1. The molecule has 0 aromatic rings. The second-order valence-corrected chi connectivity index (χ2v) is 14.8. The zero-order chi connectivity index (χ0) is 21.6. The van der Waals surface area contributed by atoms with Crippen LogP contribution < -0.4 is 0 Å². The molecule has 0 fully saturated rings. The molecule has 0 atom stereocenters. The van der Waals surface area contributed by atoms with Crippen LogP contribution in [0.15, 0.2) is 0 Å². The molecule has 0 aromatic heterocycles. The third kappa shape index (κ3) is 18.9. The maximum Gasteiger partial charge on any atom is 0.0617 e. The first-order chi connectivity index (χ1) is 14.1. The van der Waals surface area contributed by atoms with Crippen LogP contribution in [0, 0.1) is 5.92 Å². The second-order valence-electron chi connectivity index (χ2n) is 10.4. The second kappa shape index (κ2) is 21.7. The van der Waals surface area contributed by atoms with E-state index in [1.54, 1.807) is 24.6 Å². The van der Waals surface area contributed by atoms with Crippen molar-refractivity contribution in [2.45, 2.75) is 150 Å². The summed E-state index contributed by atoms with van der Waals surface area (Å²) >= 11 is 0. The maximum atomic E-state index is 2.50. The molecular formula is C28H60P+. The van der Waals surface area contributed by atoms with Gasteiger partial charge in [0, 0.05) is 7.26 Å². The molecule has 0 radical (unpaired) electrons. The summed E-state index contributed by atoms with van der Waals surface area (Å²) in [5, 5.41) is 0. The topological polar surface area (TPSA) is 0 Å². The monoisotopic (exact) mass is 427 g/mol. The summed E-state index contributed by atoms with van der Waals surface area (Å²) in [4.78, 5) is 0. The van der Waals surface area contributed by atoms with Gasteiger partial charge in [-0.2, -0.15) is 0 Å². The van der Waals surface area contributed by atoms with E-state index in [1.807, 2.05) is 0 Å². The number of hydrogen-bond donors (Lipinski definition) is 0. The normalized spacial score (nSPS) is 12.2. The van der Waals surface area contributed by atoms with Gasteiger partial charge in [0.25, 0.3) is 0 Å². The molecule has 0 saturated carbocycles. The van der Waals surface area contributed by atoms with Gasteiger partial charge < -0.3 is 0 Å². The standard InChI is InChI=1S/C28H60P/c1-6-9-12-15-18-21-24-29(27-28(4)5,25-22-19-16-13-10-7-2)26-23-20-17-14-11-8-3/h28H,6-27H2,1-5H3/q+1. The van der Waals surface area contributed by atoms with Gasteiger partial charge >= 0.3 is 0 Å². The van der Waals surface area contributed by atoms with Crippen LogP contribution in [0.5, 0.6) is 0 Å². The Morgan fingerprint density at radius 1 is 0.414 bits per heavy atom. The Morgan fingerprint density at radius 2 is 0.690 bits per heavy atom. The molecule has 1 heteroatoms. The van der Waals surface area contributed by atoms with Crippen LogP contribution in [0.3, 0.4) is 0 Å². The Labute approximate surface area is 188 Å². The molecular weight excluding hydrogens is 367 g/mol. The van der Waals surface area contributed by atoms with Gasteiger partial charge in [-0.15, -0.1) is 0 Å². The molecule has 0 aliphatic carbocycles. The molecule has 0 nitrogen and oxygen atoms in total. The number of rotatable bonds is 23. The van der Waals surface area contributed by atoms with Crippen molar-refractivity contribution in [3.8, 4) is 0 Å². The van der Waals surface area contributed by atoms with E-state index in [0.717, 1.165) is 5.92 Å². The lowest BCUT2D eigenvalue weighted by Crippen LogP contribution is -2.16. The highest BCUT2D eigenvalue weighted by atomic mass is 31.2. The summed E-state index contributed by atoms with van der Waals surface area (Å²) in [5.74, 6) is 0.906. The quantitative estimate of drug-likeness (QED) is 0.112. The molecule has 0 aliphatic heterocycles. The molecule has 0 aromatic carbocycles. The average molecular weight is 428 g/mol. The molecule has 0 heterocycles. The van der Waals surface area contributed by atoms with E-state index in [1.165, 1.54) is 116 Å². The number of unbranched alkanes of at least 4 members (excludes halogenated alkanes) is 15. The third-order valence-electron chi connectivity index (χ3n) is 6.71. The zero-order valence-corrected chi connectivity index (χ0v) is 22.5. The summed E-state index contributed by atoms with van der Waals surface area (Å²) < 4.78 is 0. The van der Waals surface area contributed by atoms with Gasteiger partial charge in [-0.1, -0.05) is 112 Å². The van der Waals surface area contributed by atoms with E-state index in [9.17, 15) is 0 Å². The summed E-state index contributed by atoms with van der Waals surface area (Å²) in [5.41, 5.74) is 0. The molecule has 0 bridgehead atoms. The van der Waals surface area contributed by atoms with Crippen molar-refractivity contribution in [1.29, 1.82) is 0 Å². The largest absolute Gasteiger partial charge is 0.0654 e. The molecule has 0 rings (SSSR count). The predicted octanol–water partition coefficient (Wildman–Crippen LogP) is 10.7. The minimum atomic E-state index is -0.719. The van der Waals surface area contributed by atoms with E-state index >= 15 is 0 Å². The highest BCUT2D eigenvalue weighted by molar-refractivity contribution is 7.75. The van der Waals surface area contributed by atoms with Crippen LogP contribution in [-0.4, -0.2) is 24.6 Å². The first-order valence-electron chi connectivity index (χ1n) is 13.9. The summed E-state index contributed by atoms with van der Waals surface area (Å²) in [6.07, 6.45) is 33.0. The van der Waals surface area contributed by atoms with E-state index in [-0.39, 0.29) is 0 Å². The molecule has 29 heavy (non-hydrogen) atoms. The zero-order valence-electron chi connectivity index (χ0n) is 21.6. The van der Waals surface area contributed by atoms with E-state index in [4.69, 9.17) is 0 Å². The van der Waals surface area contributed by atoms with Gasteiger partial charge in [-0.3, -0.25) is 0 Å². The molecule has 0 spiro atoms. The van der Waals surface area contributed by atoms with Crippen LogP contribution in [0.2, 0.25) is 0 Å². The van der Waals surface area contributed by atoms with Crippen molar-refractivity contribution in [2.24, 2.45) is 5.92 Å². The molecule has 0 saturated heterocycles. The Bertz CT molecular complexity index is 269. The highest BCUT2D eigenvalue weighted by Gasteiger charge is 2.36. The number of hydrogen-bond acceptors (Lipinski definition) is 0. The van der Waals surface area contributed by atoms with Crippen molar-refractivity contribution in [3.63, 3.8) is 0 Å². The van der Waals surface area contributed by atoms with Crippen LogP contribution >= 0.6 is 7.26 Å². The lowest BCUT2D eigenvalue weighted by Gasteiger charge is -2.30. The van der Waals surface area contributed by atoms with Crippen molar-refractivity contribution >= 4 is 7.26 Å². The predicted molar refractivity (Wildman–Crippen MR) is 141 cm³/mol. The molecule has 0 unspecified atom stereocenters. The van der Waals surface area contributed by atoms with Gasteiger partial charge in [0.1, 0.15) is 0 Å². The smallest absolute Gasteiger partial charge is 0.0617 e. The van der Waals surface area contributed by atoms with Gasteiger partial charge in [0.15, 0.2) is 0 Å². The molecule has 0 N–H and O–H groups in total. The lowest BCUT2D eigenvalue weighted by molar-refractivity contribution is 0.613. The first-order valence-corrected chi connectivity index (χ1v) is 16.5. The van der Waals surface area contributed by atoms with Gasteiger partial charge in [0.05, 0.1) is 24.6 Å². The van der Waals surface area contributed by atoms with Gasteiger partial charge in [-0.05, 0) is 44.4 Å². The van der Waals surface area contributed by atoms with Crippen LogP contribution in [0.25, 0.3) is 0 Å². The molecule has 176 valence electrons. The fourth-order valence-corrected chi connectivity index (χ4v) is 10.5. The van der Waals surface area contributed by atoms with E-state index < -0.39 is 7.26 Å². The highest BCUT2D eigenvalue weighted by Crippen LogP contribution is 2.62. The van der Waals surface area contributed by atoms with Crippen molar-refractivity contribution in [2.75, 3.05) is 24.6 Å². The van der Waals surface area contributed by atoms with Crippen LogP contribution in [0.4, 0.5) is 0 Å². The van der Waals surface area contributed by atoms with E-state index in [2.05, 4.69) is 34.6 Å². The summed E-state index contributed by atoms with van der Waals surface area (Å²) in [6, 6.07) is 0. The maximum absolute atomic E-state index is 2.50. The average Bonchev–Trinajstić information content (AvgIpc) is 2.69. The Hall–Kier alpha value is 0.430. The summed E-state index contributed by atoms with van der Waals surface area (Å²) in [7, 11) is -0.719. The van der Waals surface area contributed by atoms with Crippen LogP contribution in [-0.2, 0) is 0 Å². The minimum absolute atomic E-state index is 0.719. The molecule has 0 amide bonds. The fourth-order valence-electron chi connectivity index (χ4n) is 5.07. The van der Waals surface area contributed by atoms with E-state index in [0.29, 0.717) is 0 Å². The third-order valence-corrected chi connectivity index (χ3v) is 12.0. The fraction of sp³-hybridized carbons (Fsp3) is 1.00. The Morgan fingerprint density at radius 3 is 0.966 bits per heavy atom. The van der Waals surface area contributed by atoms with Gasteiger partial charge in [0.2, 0.25) is 0 Å². The van der Waals surface area contributed by atoms with Gasteiger partial charge in [-0.25, -0.2) is 0 Å². The van der Waals surface area contributed by atoms with Crippen molar-refractivity contribution < 1.29 is 0 Å². The molecule has 0 aliphatic rings. The first kappa shape index (κ1) is 29.4. The Kier molecular flexibility index (Phi) is 22.0. The Balaban J connectivity index is 4.57.